The average molecular weight is 329 g/mol. The lowest BCUT2D eigenvalue weighted by Crippen LogP contribution is -2.17. The van der Waals surface area contributed by atoms with Crippen LogP contribution in [-0.2, 0) is 6.54 Å². The molecular weight excluding hydrogens is 306 g/mol. The van der Waals surface area contributed by atoms with Gasteiger partial charge in [0.15, 0.2) is 0 Å². The summed E-state index contributed by atoms with van der Waals surface area (Å²) in [6, 6.07) is 21.7. The fraction of sp³-hybridized carbons (Fsp3) is 0.273. The molecule has 0 spiro atoms. The molecule has 25 heavy (non-hydrogen) atoms. The third-order valence-corrected chi connectivity index (χ3v) is 5.05. The molecule has 1 aromatic heterocycles. The zero-order valence-corrected chi connectivity index (χ0v) is 14.8. The van der Waals surface area contributed by atoms with Gasteiger partial charge < -0.3 is 4.90 Å². The van der Waals surface area contributed by atoms with Crippen LogP contribution in [0.1, 0.15) is 34.7 Å². The summed E-state index contributed by atoms with van der Waals surface area (Å²) in [4.78, 5) is 2.41. The molecule has 1 atom stereocenters. The first-order chi connectivity index (χ1) is 12.2. The Labute approximate surface area is 149 Å². The highest BCUT2D eigenvalue weighted by Crippen LogP contribution is 2.35. The number of rotatable bonds is 2. The number of benzene rings is 2. The van der Waals surface area contributed by atoms with E-state index in [-0.39, 0.29) is 0 Å². The molecule has 3 heteroatoms. The number of hydrogen-bond acceptors (Lipinski definition) is 3. The number of nitrogens with zero attached hydrogens (tertiary/aromatic N) is 3. The third-order valence-electron chi connectivity index (χ3n) is 5.05. The molecule has 0 saturated carbocycles. The van der Waals surface area contributed by atoms with Crippen molar-refractivity contribution in [3.05, 3.63) is 83.0 Å². The second-order valence-electron chi connectivity index (χ2n) is 6.96. The Balaban J connectivity index is 1.77. The predicted molar refractivity (Wildman–Crippen MR) is 101 cm³/mol. The van der Waals surface area contributed by atoms with E-state index in [1.165, 1.54) is 16.7 Å². The van der Waals surface area contributed by atoms with Gasteiger partial charge in [-0.05, 0) is 61.8 Å². The van der Waals surface area contributed by atoms with Crippen LogP contribution < -0.4 is 0 Å². The van der Waals surface area contributed by atoms with E-state index in [1.807, 2.05) is 13.0 Å². The Morgan fingerprint density at radius 1 is 0.960 bits per heavy atom. The Bertz CT molecular complexity index is 856. The quantitative estimate of drug-likeness (QED) is 0.697. The van der Waals surface area contributed by atoms with Crippen molar-refractivity contribution in [1.82, 2.24) is 15.1 Å². The molecule has 2 aromatic carbocycles. The molecule has 0 saturated heterocycles. The smallest absolute Gasteiger partial charge is 0.0929 e. The Morgan fingerprint density at radius 2 is 1.80 bits per heavy atom. The van der Waals surface area contributed by atoms with Crippen molar-refractivity contribution < 1.29 is 0 Å². The third kappa shape index (κ3) is 3.33. The Kier molecular flexibility index (Phi) is 4.33. The molecule has 0 fully saturated rings. The molecule has 0 aliphatic carbocycles. The monoisotopic (exact) mass is 329 g/mol. The van der Waals surface area contributed by atoms with Gasteiger partial charge >= 0.3 is 0 Å². The van der Waals surface area contributed by atoms with Crippen LogP contribution in [0.5, 0.6) is 0 Å². The summed E-state index contributed by atoms with van der Waals surface area (Å²) < 4.78 is 0. The second kappa shape index (κ2) is 6.77. The summed E-state index contributed by atoms with van der Waals surface area (Å²) in [7, 11) is 2.20. The van der Waals surface area contributed by atoms with Crippen LogP contribution in [0.4, 0.5) is 0 Å². The summed E-state index contributed by atoms with van der Waals surface area (Å²) in [6.07, 6.45) is 1.15. The summed E-state index contributed by atoms with van der Waals surface area (Å²) in [5.41, 5.74) is 7.28. The highest BCUT2D eigenvalue weighted by Gasteiger charge is 2.22. The summed E-state index contributed by atoms with van der Waals surface area (Å²) in [5.74, 6) is 0.458. The van der Waals surface area contributed by atoms with E-state index in [0.29, 0.717) is 5.92 Å². The highest BCUT2D eigenvalue weighted by atomic mass is 15.1. The second-order valence-corrected chi connectivity index (χ2v) is 6.96. The van der Waals surface area contributed by atoms with Crippen molar-refractivity contribution in [2.45, 2.75) is 25.8 Å². The zero-order chi connectivity index (χ0) is 17.2. The van der Waals surface area contributed by atoms with Crippen molar-refractivity contribution in [1.29, 1.82) is 0 Å². The lowest BCUT2D eigenvalue weighted by Gasteiger charge is -2.18. The average Bonchev–Trinajstić information content (AvgIpc) is 2.80. The van der Waals surface area contributed by atoms with Gasteiger partial charge in [0, 0.05) is 18.0 Å². The van der Waals surface area contributed by atoms with Gasteiger partial charge in [0.2, 0.25) is 0 Å². The maximum Gasteiger partial charge on any atom is 0.0929 e. The van der Waals surface area contributed by atoms with E-state index >= 15 is 0 Å². The fourth-order valence-corrected chi connectivity index (χ4v) is 3.70. The molecule has 3 aromatic rings. The molecule has 1 aliphatic heterocycles. The first-order valence-corrected chi connectivity index (χ1v) is 8.88. The molecule has 3 nitrogen and oxygen atoms in total. The predicted octanol–water partition coefficient (Wildman–Crippen LogP) is 4.42. The SMILES string of the molecule is Cc1ccc(-c2ccc3c(c2)CN(C)CCC3c2ccccc2)nn1. The van der Waals surface area contributed by atoms with E-state index < -0.39 is 0 Å². The van der Waals surface area contributed by atoms with Crippen molar-refractivity contribution in [3.8, 4) is 11.3 Å². The highest BCUT2D eigenvalue weighted by molar-refractivity contribution is 5.61. The molecule has 0 radical (unpaired) electrons. The van der Waals surface area contributed by atoms with E-state index in [9.17, 15) is 0 Å². The molecule has 0 amide bonds. The van der Waals surface area contributed by atoms with Gasteiger partial charge in [-0.1, -0.05) is 42.5 Å². The van der Waals surface area contributed by atoms with Crippen LogP contribution in [-0.4, -0.2) is 28.7 Å². The fourth-order valence-electron chi connectivity index (χ4n) is 3.70. The summed E-state index contributed by atoms with van der Waals surface area (Å²) in [5, 5.41) is 8.56. The van der Waals surface area contributed by atoms with Crippen molar-refractivity contribution in [2.75, 3.05) is 13.6 Å². The largest absolute Gasteiger partial charge is 0.302 e. The topological polar surface area (TPSA) is 29.0 Å². The van der Waals surface area contributed by atoms with Gasteiger partial charge in [-0.3, -0.25) is 0 Å². The van der Waals surface area contributed by atoms with Gasteiger partial charge in [-0.2, -0.15) is 10.2 Å². The molecule has 1 aliphatic rings. The van der Waals surface area contributed by atoms with Crippen LogP contribution >= 0.6 is 0 Å². The van der Waals surface area contributed by atoms with E-state index in [4.69, 9.17) is 0 Å². The molecule has 1 unspecified atom stereocenters. The minimum Gasteiger partial charge on any atom is -0.302 e. The maximum atomic E-state index is 4.35. The number of fused-ring (bicyclic) bond motifs is 1. The van der Waals surface area contributed by atoms with Gasteiger partial charge in [-0.15, -0.1) is 0 Å². The van der Waals surface area contributed by atoms with Gasteiger partial charge in [0.05, 0.1) is 11.4 Å². The number of aromatic nitrogens is 2. The molecule has 126 valence electrons. The lowest BCUT2D eigenvalue weighted by molar-refractivity contribution is 0.328. The van der Waals surface area contributed by atoms with Crippen molar-refractivity contribution in [3.63, 3.8) is 0 Å². The minimum atomic E-state index is 0.458. The van der Waals surface area contributed by atoms with Crippen LogP contribution in [0.3, 0.4) is 0 Å². The van der Waals surface area contributed by atoms with Crippen LogP contribution in [0.15, 0.2) is 60.7 Å². The summed E-state index contributed by atoms with van der Waals surface area (Å²) >= 11 is 0. The van der Waals surface area contributed by atoms with Crippen molar-refractivity contribution in [2.24, 2.45) is 0 Å². The van der Waals surface area contributed by atoms with E-state index in [0.717, 1.165) is 36.5 Å². The van der Waals surface area contributed by atoms with Gasteiger partial charge in [0.1, 0.15) is 0 Å². The first kappa shape index (κ1) is 16.0. The van der Waals surface area contributed by atoms with Gasteiger partial charge in [0.25, 0.3) is 0 Å². The standard InChI is InChI=1S/C22H23N3/c1-16-8-11-22(24-23-16)18-9-10-20-19(14-18)15-25(2)13-12-21(20)17-6-4-3-5-7-17/h3-11,14,21H,12-13,15H2,1-2H3. The molecule has 0 bridgehead atoms. The first-order valence-electron chi connectivity index (χ1n) is 8.88. The Hall–Kier alpha value is -2.52. The summed E-state index contributed by atoms with van der Waals surface area (Å²) in [6.45, 7) is 4.05. The lowest BCUT2D eigenvalue weighted by atomic mass is 9.86. The molecule has 0 N–H and O–H groups in total. The number of hydrogen-bond donors (Lipinski definition) is 0. The zero-order valence-electron chi connectivity index (χ0n) is 14.8. The molecule has 4 rings (SSSR count). The Morgan fingerprint density at radius 3 is 2.56 bits per heavy atom. The van der Waals surface area contributed by atoms with Crippen molar-refractivity contribution >= 4 is 0 Å². The van der Waals surface area contributed by atoms with E-state index in [2.05, 4.69) is 76.7 Å². The molecular formula is C22H23N3. The van der Waals surface area contributed by atoms with Crippen LogP contribution in [0.25, 0.3) is 11.3 Å². The number of aryl methyl sites for hydroxylation is 1. The maximum absolute atomic E-state index is 4.35. The van der Waals surface area contributed by atoms with Gasteiger partial charge in [-0.25, -0.2) is 0 Å². The van der Waals surface area contributed by atoms with E-state index in [1.54, 1.807) is 0 Å². The van der Waals surface area contributed by atoms with Crippen LogP contribution in [0.2, 0.25) is 0 Å². The minimum absolute atomic E-state index is 0.458. The normalized spacial score (nSPS) is 17.8. The van der Waals surface area contributed by atoms with Crippen LogP contribution in [0, 0.1) is 6.92 Å². The molecule has 2 heterocycles.